The lowest BCUT2D eigenvalue weighted by Crippen LogP contribution is -2.31. The van der Waals surface area contributed by atoms with E-state index in [2.05, 4.69) is 4.72 Å². The van der Waals surface area contributed by atoms with Gasteiger partial charge in [-0.1, -0.05) is 29.8 Å². The fourth-order valence-corrected chi connectivity index (χ4v) is 4.49. The van der Waals surface area contributed by atoms with Crippen LogP contribution in [0.3, 0.4) is 0 Å². The molecule has 1 aliphatic heterocycles. The molecule has 0 radical (unpaired) electrons. The van der Waals surface area contributed by atoms with Crippen LogP contribution in [0.15, 0.2) is 53.4 Å². The highest BCUT2D eigenvalue weighted by Crippen LogP contribution is 2.28. The van der Waals surface area contributed by atoms with Gasteiger partial charge in [-0.25, -0.2) is 13.1 Å². The summed E-state index contributed by atoms with van der Waals surface area (Å²) in [6, 6.07) is 13.8. The molecule has 3 rings (SSSR count). The zero-order valence-corrected chi connectivity index (χ0v) is 15.8. The molecule has 1 atom stereocenters. The summed E-state index contributed by atoms with van der Waals surface area (Å²) < 4.78 is 32.9. The van der Waals surface area contributed by atoms with Crippen molar-refractivity contribution < 1.29 is 17.9 Å². The number of rotatable bonds is 6. The Morgan fingerprint density at radius 1 is 1.23 bits per heavy atom. The smallest absolute Gasteiger partial charge is 0.244 e. The number of nitrogens with one attached hydrogen (secondary N) is 1. The third-order valence-corrected chi connectivity index (χ3v) is 5.93. The molecule has 1 unspecified atom stereocenters. The van der Waals surface area contributed by atoms with Gasteiger partial charge < -0.3 is 9.64 Å². The van der Waals surface area contributed by atoms with E-state index in [-0.39, 0.29) is 29.0 Å². The van der Waals surface area contributed by atoms with Crippen molar-refractivity contribution in [1.82, 2.24) is 4.72 Å². The SMILES string of the molecule is COc1ccc(Cl)cc1S(=O)(=O)NCC1CC(=O)N(c2ccccc2)C1. The maximum absolute atomic E-state index is 12.6. The highest BCUT2D eigenvalue weighted by molar-refractivity contribution is 7.89. The molecule has 2 aromatic rings. The Kier molecular flexibility index (Phi) is 5.50. The lowest BCUT2D eigenvalue weighted by Gasteiger charge is -2.17. The Labute approximate surface area is 157 Å². The zero-order chi connectivity index (χ0) is 18.7. The number of hydrogen-bond acceptors (Lipinski definition) is 4. The number of hydrogen-bond donors (Lipinski definition) is 1. The minimum atomic E-state index is -3.80. The van der Waals surface area contributed by atoms with Crippen molar-refractivity contribution in [1.29, 1.82) is 0 Å². The Hall–Kier alpha value is -2.09. The van der Waals surface area contributed by atoms with Gasteiger partial charge >= 0.3 is 0 Å². The van der Waals surface area contributed by atoms with Gasteiger partial charge in [0.1, 0.15) is 10.6 Å². The van der Waals surface area contributed by atoms with Crippen LogP contribution < -0.4 is 14.4 Å². The van der Waals surface area contributed by atoms with E-state index in [9.17, 15) is 13.2 Å². The number of para-hydroxylation sites is 1. The highest BCUT2D eigenvalue weighted by Gasteiger charge is 2.31. The first-order chi connectivity index (χ1) is 12.4. The fourth-order valence-electron chi connectivity index (χ4n) is 2.94. The van der Waals surface area contributed by atoms with E-state index >= 15 is 0 Å². The van der Waals surface area contributed by atoms with Crippen LogP contribution in [0.5, 0.6) is 5.75 Å². The van der Waals surface area contributed by atoms with Crippen LogP contribution in [0.2, 0.25) is 5.02 Å². The van der Waals surface area contributed by atoms with E-state index < -0.39 is 10.0 Å². The number of benzene rings is 2. The molecular weight excluding hydrogens is 376 g/mol. The van der Waals surface area contributed by atoms with E-state index in [1.807, 2.05) is 30.3 Å². The van der Waals surface area contributed by atoms with Crippen LogP contribution in [-0.2, 0) is 14.8 Å². The molecule has 1 N–H and O–H groups in total. The Balaban J connectivity index is 1.69. The van der Waals surface area contributed by atoms with Crippen LogP contribution in [0.1, 0.15) is 6.42 Å². The predicted molar refractivity (Wildman–Crippen MR) is 100 cm³/mol. The molecule has 0 spiro atoms. The number of sulfonamides is 1. The lowest BCUT2D eigenvalue weighted by molar-refractivity contribution is -0.117. The number of methoxy groups -OCH3 is 1. The molecule has 1 fully saturated rings. The summed E-state index contributed by atoms with van der Waals surface area (Å²) in [4.78, 5) is 13.9. The van der Waals surface area contributed by atoms with E-state index in [4.69, 9.17) is 16.3 Å². The monoisotopic (exact) mass is 394 g/mol. The summed E-state index contributed by atoms with van der Waals surface area (Å²) >= 11 is 5.91. The molecule has 26 heavy (non-hydrogen) atoms. The summed E-state index contributed by atoms with van der Waals surface area (Å²) in [7, 11) is -2.40. The van der Waals surface area contributed by atoms with Crippen molar-refractivity contribution in [3.8, 4) is 5.75 Å². The quantitative estimate of drug-likeness (QED) is 0.817. The minimum absolute atomic E-state index is 0.0132. The van der Waals surface area contributed by atoms with Gasteiger partial charge in [0.15, 0.2) is 0 Å². The van der Waals surface area contributed by atoms with Gasteiger partial charge in [0, 0.05) is 30.2 Å². The number of amides is 1. The molecule has 0 saturated carbocycles. The average molecular weight is 395 g/mol. The molecule has 0 aromatic heterocycles. The van der Waals surface area contributed by atoms with Crippen LogP contribution in [0, 0.1) is 5.92 Å². The van der Waals surface area contributed by atoms with Gasteiger partial charge in [-0.15, -0.1) is 0 Å². The Morgan fingerprint density at radius 3 is 2.65 bits per heavy atom. The number of anilines is 1. The molecule has 0 bridgehead atoms. The van der Waals surface area contributed by atoms with Crippen LogP contribution in [0.4, 0.5) is 5.69 Å². The number of halogens is 1. The molecule has 1 aliphatic rings. The normalized spacial score (nSPS) is 17.5. The second kappa shape index (κ2) is 7.65. The highest BCUT2D eigenvalue weighted by atomic mass is 35.5. The van der Waals surface area contributed by atoms with Crippen molar-refractivity contribution in [3.05, 3.63) is 53.6 Å². The largest absolute Gasteiger partial charge is 0.495 e. The first-order valence-electron chi connectivity index (χ1n) is 8.09. The van der Waals surface area contributed by atoms with Gasteiger partial charge in [0.2, 0.25) is 15.9 Å². The van der Waals surface area contributed by atoms with E-state index in [1.165, 1.54) is 19.2 Å². The van der Waals surface area contributed by atoms with Gasteiger partial charge in [-0.2, -0.15) is 0 Å². The molecule has 1 heterocycles. The number of nitrogens with zero attached hydrogens (tertiary/aromatic N) is 1. The molecule has 0 aliphatic carbocycles. The molecule has 1 amide bonds. The van der Waals surface area contributed by atoms with Gasteiger partial charge in [-0.3, -0.25) is 4.79 Å². The fraction of sp³-hybridized carbons (Fsp3) is 0.278. The molecule has 8 heteroatoms. The van der Waals surface area contributed by atoms with Gasteiger partial charge in [0.05, 0.1) is 7.11 Å². The molecule has 1 saturated heterocycles. The predicted octanol–water partition coefficient (Wildman–Crippen LogP) is 2.68. The van der Waals surface area contributed by atoms with Crippen LogP contribution in [0.25, 0.3) is 0 Å². The maximum atomic E-state index is 12.6. The van der Waals surface area contributed by atoms with Crippen LogP contribution in [-0.4, -0.2) is 34.5 Å². The van der Waals surface area contributed by atoms with Gasteiger partial charge in [0.25, 0.3) is 0 Å². The average Bonchev–Trinajstić information content (AvgIpc) is 3.01. The molecule has 2 aromatic carbocycles. The van der Waals surface area contributed by atoms with Gasteiger partial charge in [-0.05, 0) is 36.2 Å². The number of carbonyl (C=O) groups excluding carboxylic acids is 1. The minimum Gasteiger partial charge on any atom is -0.495 e. The topological polar surface area (TPSA) is 75.7 Å². The first kappa shape index (κ1) is 18.7. The molecule has 6 nitrogen and oxygen atoms in total. The summed E-state index contributed by atoms with van der Waals surface area (Å²) in [5.74, 6) is 0.0960. The standard InChI is InChI=1S/C18H19ClN2O4S/c1-25-16-8-7-14(19)10-17(16)26(23,24)20-11-13-9-18(22)21(12-13)15-5-3-2-4-6-15/h2-8,10,13,20H,9,11-12H2,1H3. The van der Waals surface area contributed by atoms with E-state index in [0.29, 0.717) is 18.0 Å². The maximum Gasteiger partial charge on any atom is 0.244 e. The number of ether oxygens (including phenoxy) is 1. The van der Waals surface area contributed by atoms with Crippen molar-refractivity contribution >= 4 is 33.2 Å². The lowest BCUT2D eigenvalue weighted by atomic mass is 10.1. The molecular formula is C18H19ClN2O4S. The van der Waals surface area contributed by atoms with E-state index in [0.717, 1.165) is 5.69 Å². The summed E-state index contributed by atoms with van der Waals surface area (Å²) in [6.45, 7) is 0.630. The summed E-state index contributed by atoms with van der Waals surface area (Å²) in [5, 5.41) is 0.303. The Bertz CT molecular complexity index is 903. The third kappa shape index (κ3) is 4.00. The first-order valence-corrected chi connectivity index (χ1v) is 9.95. The second-order valence-electron chi connectivity index (χ2n) is 6.06. The van der Waals surface area contributed by atoms with Crippen LogP contribution >= 0.6 is 11.6 Å². The third-order valence-electron chi connectivity index (χ3n) is 4.25. The molecule has 138 valence electrons. The van der Waals surface area contributed by atoms with E-state index in [1.54, 1.807) is 11.0 Å². The zero-order valence-electron chi connectivity index (χ0n) is 14.2. The summed E-state index contributed by atoms with van der Waals surface area (Å²) in [6.07, 6.45) is 0.296. The Morgan fingerprint density at radius 2 is 1.96 bits per heavy atom. The van der Waals surface area contributed by atoms with Crippen molar-refractivity contribution in [2.75, 3.05) is 25.1 Å². The van der Waals surface area contributed by atoms with Crippen molar-refractivity contribution in [2.45, 2.75) is 11.3 Å². The summed E-state index contributed by atoms with van der Waals surface area (Å²) in [5.41, 5.74) is 0.819. The number of carbonyl (C=O) groups is 1. The second-order valence-corrected chi connectivity index (χ2v) is 8.23. The van der Waals surface area contributed by atoms with Crippen molar-refractivity contribution in [3.63, 3.8) is 0 Å². The van der Waals surface area contributed by atoms with Crippen molar-refractivity contribution in [2.24, 2.45) is 5.92 Å².